The zero-order valence-electron chi connectivity index (χ0n) is 13.1. The second-order valence-corrected chi connectivity index (χ2v) is 5.41. The number of hydrogen-bond acceptors (Lipinski definition) is 4. The minimum absolute atomic E-state index is 0.0976. The van der Waals surface area contributed by atoms with Gasteiger partial charge in [-0.25, -0.2) is 0 Å². The van der Waals surface area contributed by atoms with Gasteiger partial charge in [-0.05, 0) is 44.9 Å². The van der Waals surface area contributed by atoms with Gasteiger partial charge in [-0.2, -0.15) is 0 Å². The number of aromatic nitrogens is 1. The smallest absolute Gasteiger partial charge is 0.269 e. The highest BCUT2D eigenvalue weighted by molar-refractivity contribution is 5.93. The van der Waals surface area contributed by atoms with Gasteiger partial charge in [0, 0.05) is 37.6 Å². The molecule has 2 heterocycles. The van der Waals surface area contributed by atoms with Crippen LogP contribution < -0.4 is 15.5 Å². The summed E-state index contributed by atoms with van der Waals surface area (Å²) in [7, 11) is 0. The monoisotopic (exact) mass is 290 g/mol. The number of likely N-dealkylation sites (N-methyl/N-ethyl adjacent to an activating group) is 1. The summed E-state index contributed by atoms with van der Waals surface area (Å²) >= 11 is 0. The Morgan fingerprint density at radius 2 is 2.24 bits per heavy atom. The Balaban J connectivity index is 2.14. The van der Waals surface area contributed by atoms with Crippen LogP contribution in [-0.4, -0.2) is 43.1 Å². The van der Waals surface area contributed by atoms with E-state index in [0.29, 0.717) is 18.3 Å². The van der Waals surface area contributed by atoms with Gasteiger partial charge in [0.1, 0.15) is 5.69 Å². The first-order valence-electron chi connectivity index (χ1n) is 7.97. The number of pyridine rings is 1. The molecule has 5 heteroatoms. The van der Waals surface area contributed by atoms with Crippen molar-refractivity contribution in [2.24, 2.45) is 0 Å². The minimum Gasteiger partial charge on any atom is -0.367 e. The number of piperidine rings is 1. The van der Waals surface area contributed by atoms with Crippen LogP contribution >= 0.6 is 0 Å². The van der Waals surface area contributed by atoms with Gasteiger partial charge >= 0.3 is 0 Å². The lowest BCUT2D eigenvalue weighted by atomic mass is 10.0. The first kappa shape index (κ1) is 15.8. The van der Waals surface area contributed by atoms with Crippen LogP contribution in [0.2, 0.25) is 0 Å². The second kappa shape index (κ2) is 7.98. The molecule has 0 aromatic carbocycles. The van der Waals surface area contributed by atoms with Gasteiger partial charge in [-0.1, -0.05) is 6.92 Å². The fraction of sp³-hybridized carbons (Fsp3) is 0.625. The Bertz CT molecular complexity index is 463. The molecule has 1 aromatic rings. The molecule has 1 saturated heterocycles. The van der Waals surface area contributed by atoms with Crippen LogP contribution in [0.25, 0.3) is 0 Å². The van der Waals surface area contributed by atoms with Crippen molar-refractivity contribution in [2.75, 3.05) is 31.1 Å². The average molecular weight is 290 g/mol. The second-order valence-electron chi connectivity index (χ2n) is 5.41. The summed E-state index contributed by atoms with van der Waals surface area (Å²) in [6.07, 6.45) is 5.42. The first-order chi connectivity index (χ1) is 10.3. The first-order valence-corrected chi connectivity index (χ1v) is 7.97. The lowest BCUT2D eigenvalue weighted by Gasteiger charge is -2.37. The van der Waals surface area contributed by atoms with Crippen LogP contribution in [0.15, 0.2) is 18.3 Å². The number of carbonyl (C=O) groups is 1. The molecule has 0 radical (unpaired) electrons. The standard InChI is InChI=1S/C16H26N4O/c1-3-17-12-14-7-5-6-10-20(14)13-8-9-19-15(11-13)16(21)18-4-2/h8-9,11,14,17H,3-7,10,12H2,1-2H3,(H,18,21). The third-order valence-electron chi connectivity index (χ3n) is 3.90. The highest BCUT2D eigenvalue weighted by Gasteiger charge is 2.23. The zero-order chi connectivity index (χ0) is 15.1. The molecule has 0 saturated carbocycles. The number of hydrogen-bond donors (Lipinski definition) is 2. The summed E-state index contributed by atoms with van der Waals surface area (Å²) < 4.78 is 0. The normalized spacial score (nSPS) is 18.6. The zero-order valence-corrected chi connectivity index (χ0v) is 13.1. The van der Waals surface area contributed by atoms with Gasteiger partial charge in [0.05, 0.1) is 0 Å². The molecule has 5 nitrogen and oxygen atoms in total. The molecule has 1 amide bonds. The summed E-state index contributed by atoms with van der Waals surface area (Å²) in [5, 5.41) is 6.24. The van der Waals surface area contributed by atoms with E-state index in [9.17, 15) is 4.79 Å². The van der Waals surface area contributed by atoms with Crippen LogP contribution in [0.1, 0.15) is 43.6 Å². The van der Waals surface area contributed by atoms with E-state index in [4.69, 9.17) is 0 Å². The van der Waals surface area contributed by atoms with Crippen LogP contribution in [0.3, 0.4) is 0 Å². The largest absolute Gasteiger partial charge is 0.367 e. The maximum Gasteiger partial charge on any atom is 0.269 e. The molecule has 116 valence electrons. The lowest BCUT2D eigenvalue weighted by molar-refractivity contribution is 0.0951. The number of amides is 1. The molecule has 1 aromatic heterocycles. The topological polar surface area (TPSA) is 57.3 Å². The van der Waals surface area contributed by atoms with E-state index in [1.165, 1.54) is 19.3 Å². The number of carbonyl (C=O) groups excluding carboxylic acids is 1. The third kappa shape index (κ3) is 4.17. The molecule has 2 N–H and O–H groups in total. The summed E-state index contributed by atoms with van der Waals surface area (Å²) in [5.41, 5.74) is 1.61. The Labute approximate surface area is 127 Å². The van der Waals surface area contributed by atoms with Crippen molar-refractivity contribution in [3.05, 3.63) is 24.0 Å². The predicted octanol–water partition coefficient (Wildman–Crippen LogP) is 1.80. The van der Waals surface area contributed by atoms with Crippen molar-refractivity contribution < 1.29 is 4.79 Å². The van der Waals surface area contributed by atoms with E-state index in [1.54, 1.807) is 6.20 Å². The maximum absolute atomic E-state index is 11.9. The molecule has 1 unspecified atom stereocenters. The van der Waals surface area contributed by atoms with Crippen molar-refractivity contribution in [3.8, 4) is 0 Å². The summed E-state index contributed by atoms with van der Waals surface area (Å²) in [6.45, 7) is 7.71. The van der Waals surface area contributed by atoms with Gasteiger partial charge in [0.2, 0.25) is 0 Å². The Morgan fingerprint density at radius 1 is 1.38 bits per heavy atom. The highest BCUT2D eigenvalue weighted by atomic mass is 16.1. The van der Waals surface area contributed by atoms with Crippen LogP contribution in [0.5, 0.6) is 0 Å². The molecule has 1 aliphatic heterocycles. The van der Waals surface area contributed by atoms with Gasteiger partial charge in [-0.3, -0.25) is 9.78 Å². The molecule has 0 aliphatic carbocycles. The van der Waals surface area contributed by atoms with Crippen LogP contribution in [-0.2, 0) is 0 Å². The molecule has 1 fully saturated rings. The van der Waals surface area contributed by atoms with Crippen LogP contribution in [0.4, 0.5) is 5.69 Å². The summed E-state index contributed by atoms with van der Waals surface area (Å²) in [5.74, 6) is -0.0976. The predicted molar refractivity (Wildman–Crippen MR) is 85.8 cm³/mol. The maximum atomic E-state index is 11.9. The van der Waals surface area contributed by atoms with Crippen molar-refractivity contribution in [1.82, 2.24) is 15.6 Å². The highest BCUT2D eigenvalue weighted by Crippen LogP contribution is 2.24. The lowest BCUT2D eigenvalue weighted by Crippen LogP contribution is -2.45. The van der Waals surface area contributed by atoms with Gasteiger partial charge in [0.15, 0.2) is 0 Å². The van der Waals surface area contributed by atoms with Gasteiger partial charge in [0.25, 0.3) is 5.91 Å². The molecule has 2 rings (SSSR count). The minimum atomic E-state index is -0.0976. The number of nitrogens with one attached hydrogen (secondary N) is 2. The molecule has 0 spiro atoms. The molecule has 21 heavy (non-hydrogen) atoms. The Hall–Kier alpha value is -1.62. The Morgan fingerprint density at radius 3 is 3.00 bits per heavy atom. The molecule has 1 atom stereocenters. The van der Waals surface area contributed by atoms with Crippen LogP contribution in [0, 0.1) is 0 Å². The van der Waals surface area contributed by atoms with E-state index < -0.39 is 0 Å². The van der Waals surface area contributed by atoms with Crippen molar-refractivity contribution in [2.45, 2.75) is 39.2 Å². The van der Waals surface area contributed by atoms with E-state index >= 15 is 0 Å². The van der Waals surface area contributed by atoms with Gasteiger partial charge < -0.3 is 15.5 Å². The number of rotatable bonds is 6. The number of anilines is 1. The molecule has 0 bridgehead atoms. The Kier molecular flexibility index (Phi) is 5.99. The fourth-order valence-electron chi connectivity index (χ4n) is 2.84. The summed E-state index contributed by atoms with van der Waals surface area (Å²) in [4.78, 5) is 18.5. The summed E-state index contributed by atoms with van der Waals surface area (Å²) in [6, 6.07) is 4.42. The van der Waals surface area contributed by atoms with E-state index in [2.05, 4.69) is 27.4 Å². The SMILES string of the molecule is CCNCC1CCCCN1c1ccnc(C(=O)NCC)c1. The van der Waals surface area contributed by atoms with Crippen molar-refractivity contribution >= 4 is 11.6 Å². The average Bonchev–Trinajstić information content (AvgIpc) is 2.53. The third-order valence-corrected chi connectivity index (χ3v) is 3.90. The molecular weight excluding hydrogens is 264 g/mol. The quantitative estimate of drug-likeness (QED) is 0.839. The molecule has 1 aliphatic rings. The van der Waals surface area contributed by atoms with E-state index in [0.717, 1.165) is 25.3 Å². The van der Waals surface area contributed by atoms with Crippen molar-refractivity contribution in [3.63, 3.8) is 0 Å². The van der Waals surface area contributed by atoms with Crippen molar-refractivity contribution in [1.29, 1.82) is 0 Å². The van der Waals surface area contributed by atoms with E-state index in [1.807, 2.05) is 19.1 Å². The van der Waals surface area contributed by atoms with Gasteiger partial charge in [-0.15, -0.1) is 0 Å². The molecular formula is C16H26N4O. The fourth-order valence-corrected chi connectivity index (χ4v) is 2.84. The van der Waals surface area contributed by atoms with E-state index in [-0.39, 0.29) is 5.91 Å². The number of nitrogens with zero attached hydrogens (tertiary/aromatic N) is 2.